The molecular formula is C14H21ClN2O3. The van der Waals surface area contributed by atoms with Crippen LogP contribution in [0.4, 0.5) is 0 Å². The Morgan fingerprint density at radius 1 is 1.35 bits per heavy atom. The largest absolute Gasteiger partial charge is 0.493 e. The second-order valence-corrected chi connectivity index (χ2v) is 4.56. The van der Waals surface area contributed by atoms with E-state index < -0.39 is 0 Å². The molecule has 0 saturated heterocycles. The summed E-state index contributed by atoms with van der Waals surface area (Å²) in [6, 6.07) is 3.37. The number of oxime groups is 1. The second kappa shape index (κ2) is 8.66. The van der Waals surface area contributed by atoms with Gasteiger partial charge in [0.15, 0.2) is 11.5 Å². The van der Waals surface area contributed by atoms with E-state index in [9.17, 15) is 0 Å². The Morgan fingerprint density at radius 3 is 2.60 bits per heavy atom. The van der Waals surface area contributed by atoms with Gasteiger partial charge in [0.25, 0.3) is 0 Å². The monoisotopic (exact) mass is 300 g/mol. The Hall–Kier alpha value is -1.46. The summed E-state index contributed by atoms with van der Waals surface area (Å²) in [6.07, 6.45) is 1.29. The van der Waals surface area contributed by atoms with Gasteiger partial charge in [0, 0.05) is 12.1 Å². The number of likely N-dealkylation sites (N-methyl/N-ethyl adjacent to an activating group) is 1. The van der Waals surface area contributed by atoms with Crippen molar-refractivity contribution in [2.24, 2.45) is 5.16 Å². The highest BCUT2D eigenvalue weighted by molar-refractivity contribution is 6.32. The summed E-state index contributed by atoms with van der Waals surface area (Å²) in [5, 5.41) is 12.0. The van der Waals surface area contributed by atoms with Crippen LogP contribution in [0.1, 0.15) is 19.4 Å². The third-order valence-corrected chi connectivity index (χ3v) is 3.29. The molecule has 6 heteroatoms. The minimum Gasteiger partial charge on any atom is -0.493 e. The quantitative estimate of drug-likeness (QED) is 0.456. The summed E-state index contributed by atoms with van der Waals surface area (Å²) < 4.78 is 11.0. The summed E-state index contributed by atoms with van der Waals surface area (Å²) in [5.74, 6) is 1.03. The fraction of sp³-hybridized carbons (Fsp3) is 0.500. The highest BCUT2D eigenvalue weighted by Crippen LogP contribution is 2.36. The van der Waals surface area contributed by atoms with E-state index in [0.29, 0.717) is 28.7 Å². The van der Waals surface area contributed by atoms with Gasteiger partial charge in [-0.1, -0.05) is 30.6 Å². The van der Waals surface area contributed by atoms with Crippen LogP contribution in [0.25, 0.3) is 0 Å². The van der Waals surface area contributed by atoms with Crippen LogP contribution in [0.15, 0.2) is 17.3 Å². The first-order valence-electron chi connectivity index (χ1n) is 6.56. The topological polar surface area (TPSA) is 54.3 Å². The van der Waals surface area contributed by atoms with Crippen LogP contribution < -0.4 is 9.47 Å². The van der Waals surface area contributed by atoms with Crippen molar-refractivity contribution >= 4 is 17.8 Å². The predicted octanol–water partition coefficient (Wildman–Crippen LogP) is 2.88. The Balaban J connectivity index is 2.78. The summed E-state index contributed by atoms with van der Waals surface area (Å²) >= 11 is 6.17. The Kier molecular flexibility index (Phi) is 7.18. The fourth-order valence-electron chi connectivity index (χ4n) is 1.84. The molecule has 0 bridgehead atoms. The van der Waals surface area contributed by atoms with Crippen LogP contribution in [0, 0.1) is 0 Å². The summed E-state index contributed by atoms with van der Waals surface area (Å²) in [4.78, 5) is 2.26. The average molecular weight is 301 g/mol. The van der Waals surface area contributed by atoms with Crippen molar-refractivity contribution < 1.29 is 14.7 Å². The van der Waals surface area contributed by atoms with Crippen molar-refractivity contribution in [2.75, 3.05) is 33.4 Å². The number of rotatable bonds is 8. The van der Waals surface area contributed by atoms with Gasteiger partial charge in [0.05, 0.1) is 18.3 Å². The van der Waals surface area contributed by atoms with Gasteiger partial charge in [-0.3, -0.25) is 0 Å². The number of halogens is 1. The molecule has 0 aliphatic rings. The molecule has 0 saturated carbocycles. The van der Waals surface area contributed by atoms with Gasteiger partial charge in [-0.2, -0.15) is 0 Å². The van der Waals surface area contributed by atoms with Crippen molar-refractivity contribution in [1.82, 2.24) is 4.90 Å². The molecule has 1 rings (SSSR count). The third kappa shape index (κ3) is 4.58. The van der Waals surface area contributed by atoms with Crippen molar-refractivity contribution in [2.45, 2.75) is 13.8 Å². The lowest BCUT2D eigenvalue weighted by Crippen LogP contribution is -2.28. The van der Waals surface area contributed by atoms with Gasteiger partial charge < -0.3 is 19.6 Å². The maximum absolute atomic E-state index is 8.55. The van der Waals surface area contributed by atoms with Crippen molar-refractivity contribution in [3.05, 3.63) is 22.7 Å². The average Bonchev–Trinajstić information content (AvgIpc) is 2.45. The first-order chi connectivity index (χ1) is 9.65. The number of hydrogen-bond acceptors (Lipinski definition) is 5. The molecule has 0 aromatic heterocycles. The van der Waals surface area contributed by atoms with Gasteiger partial charge >= 0.3 is 0 Å². The molecule has 20 heavy (non-hydrogen) atoms. The maximum Gasteiger partial charge on any atom is 0.179 e. The highest BCUT2D eigenvalue weighted by Gasteiger charge is 2.12. The molecule has 112 valence electrons. The van der Waals surface area contributed by atoms with E-state index in [1.165, 1.54) is 6.21 Å². The zero-order valence-corrected chi connectivity index (χ0v) is 12.9. The zero-order chi connectivity index (χ0) is 15.0. The second-order valence-electron chi connectivity index (χ2n) is 4.15. The predicted molar refractivity (Wildman–Crippen MR) is 80.7 cm³/mol. The first-order valence-corrected chi connectivity index (χ1v) is 6.94. The molecule has 5 nitrogen and oxygen atoms in total. The normalized spacial score (nSPS) is 11.2. The highest BCUT2D eigenvalue weighted by atomic mass is 35.5. The Morgan fingerprint density at radius 2 is 2.05 bits per heavy atom. The van der Waals surface area contributed by atoms with Gasteiger partial charge in [-0.15, -0.1) is 0 Å². The molecule has 0 radical (unpaired) electrons. The van der Waals surface area contributed by atoms with E-state index in [1.54, 1.807) is 19.2 Å². The molecule has 1 aromatic carbocycles. The maximum atomic E-state index is 8.55. The van der Waals surface area contributed by atoms with Crippen LogP contribution in [0.2, 0.25) is 5.02 Å². The van der Waals surface area contributed by atoms with E-state index in [1.807, 2.05) is 0 Å². The molecule has 0 fully saturated rings. The number of methoxy groups -OCH3 is 1. The van der Waals surface area contributed by atoms with E-state index in [4.69, 9.17) is 26.3 Å². The molecular weight excluding hydrogens is 280 g/mol. The molecule has 1 N–H and O–H groups in total. The van der Waals surface area contributed by atoms with E-state index in [0.717, 1.165) is 19.6 Å². The lowest BCUT2D eigenvalue weighted by Gasteiger charge is -2.19. The smallest absolute Gasteiger partial charge is 0.179 e. The summed E-state index contributed by atoms with van der Waals surface area (Å²) in [7, 11) is 1.54. The molecule has 0 spiro atoms. The van der Waals surface area contributed by atoms with Gasteiger partial charge in [0.1, 0.15) is 6.61 Å². The molecule has 1 aromatic rings. The Labute approximate surface area is 124 Å². The van der Waals surface area contributed by atoms with Gasteiger partial charge in [0.2, 0.25) is 0 Å². The van der Waals surface area contributed by atoms with Crippen molar-refractivity contribution in [3.8, 4) is 11.5 Å². The number of hydrogen-bond donors (Lipinski definition) is 1. The van der Waals surface area contributed by atoms with E-state index in [-0.39, 0.29) is 0 Å². The van der Waals surface area contributed by atoms with Crippen LogP contribution in [-0.4, -0.2) is 49.7 Å². The zero-order valence-electron chi connectivity index (χ0n) is 12.1. The third-order valence-electron chi connectivity index (χ3n) is 3.01. The fourth-order valence-corrected chi connectivity index (χ4v) is 2.11. The summed E-state index contributed by atoms with van der Waals surface area (Å²) in [6.45, 7) is 7.55. The molecule has 0 atom stereocenters. The van der Waals surface area contributed by atoms with Gasteiger partial charge in [-0.05, 0) is 25.2 Å². The van der Waals surface area contributed by atoms with Crippen LogP contribution in [0.5, 0.6) is 11.5 Å². The molecule has 0 unspecified atom stereocenters. The summed E-state index contributed by atoms with van der Waals surface area (Å²) in [5.41, 5.74) is 0.644. The van der Waals surface area contributed by atoms with Crippen LogP contribution >= 0.6 is 11.6 Å². The van der Waals surface area contributed by atoms with Gasteiger partial charge in [-0.25, -0.2) is 0 Å². The van der Waals surface area contributed by atoms with Crippen LogP contribution in [-0.2, 0) is 0 Å². The first kappa shape index (κ1) is 16.6. The standard InChI is InChI=1S/C14H21ClN2O3/c1-4-17(5-2)6-7-20-14-12(15)8-11(10-16-18)9-13(14)19-3/h8-10,18H,4-7H2,1-3H3. The minimum atomic E-state index is 0.429. The SMILES string of the molecule is CCN(CC)CCOc1c(Cl)cc(C=NO)cc1OC. The van der Waals surface area contributed by atoms with Crippen LogP contribution in [0.3, 0.4) is 0 Å². The minimum absolute atomic E-state index is 0.429. The molecule has 0 amide bonds. The molecule has 0 heterocycles. The number of ether oxygens (including phenoxy) is 2. The van der Waals surface area contributed by atoms with E-state index in [2.05, 4.69) is 23.9 Å². The van der Waals surface area contributed by atoms with Crippen molar-refractivity contribution in [3.63, 3.8) is 0 Å². The lowest BCUT2D eigenvalue weighted by atomic mass is 10.2. The number of benzene rings is 1. The number of nitrogens with zero attached hydrogens (tertiary/aromatic N) is 2. The Bertz CT molecular complexity index is 448. The molecule has 0 aliphatic heterocycles. The molecule has 0 aliphatic carbocycles. The van der Waals surface area contributed by atoms with Crippen molar-refractivity contribution in [1.29, 1.82) is 0 Å². The van der Waals surface area contributed by atoms with E-state index >= 15 is 0 Å². The lowest BCUT2D eigenvalue weighted by molar-refractivity contribution is 0.217.